The Balaban J connectivity index is 1.91. The third-order valence-electron chi connectivity index (χ3n) is 3.04. The van der Waals surface area contributed by atoms with Crippen LogP contribution in [-0.2, 0) is 6.54 Å². The molecule has 1 saturated carbocycles. The lowest BCUT2D eigenvalue weighted by molar-refractivity contribution is 0.401. The summed E-state index contributed by atoms with van der Waals surface area (Å²) in [6.45, 7) is 0.788. The van der Waals surface area contributed by atoms with Gasteiger partial charge in [0, 0.05) is 12.5 Å². The van der Waals surface area contributed by atoms with Crippen LogP contribution in [0.5, 0.6) is 0 Å². The Bertz CT molecular complexity index is 434. The number of nitrogens with zero attached hydrogens (tertiary/aromatic N) is 3. The predicted octanol–water partition coefficient (Wildman–Crippen LogP) is 1.04. The Hall–Kier alpha value is -1.36. The van der Waals surface area contributed by atoms with Crippen LogP contribution >= 0.6 is 0 Å². The van der Waals surface area contributed by atoms with E-state index in [1.54, 1.807) is 0 Å². The fraction of sp³-hybridized carbons (Fsp3) is 0.600. The molecule has 2 heterocycles. The van der Waals surface area contributed by atoms with Crippen LogP contribution in [0.3, 0.4) is 0 Å². The van der Waals surface area contributed by atoms with E-state index in [1.807, 2.05) is 17.8 Å². The summed E-state index contributed by atoms with van der Waals surface area (Å²) in [6.07, 6.45) is 5.86. The molecule has 0 aromatic carbocycles. The number of aromatic amines is 1. The van der Waals surface area contributed by atoms with Gasteiger partial charge < -0.3 is 5.32 Å². The van der Waals surface area contributed by atoms with Crippen molar-refractivity contribution >= 4 is 5.78 Å². The first kappa shape index (κ1) is 8.91. The van der Waals surface area contributed by atoms with Gasteiger partial charge in [0.1, 0.15) is 5.82 Å². The third kappa shape index (κ3) is 1.43. The first-order valence-corrected chi connectivity index (χ1v) is 5.45. The molecule has 0 amide bonds. The minimum absolute atomic E-state index is 0.638. The maximum atomic E-state index is 4.51. The summed E-state index contributed by atoms with van der Waals surface area (Å²) in [5.74, 6) is 2.53. The summed E-state index contributed by atoms with van der Waals surface area (Å²) in [6, 6.07) is 0. The second kappa shape index (κ2) is 3.34. The number of rotatable bonds is 3. The van der Waals surface area contributed by atoms with Crippen molar-refractivity contribution in [3.63, 3.8) is 0 Å². The second-order valence-corrected chi connectivity index (χ2v) is 4.17. The smallest absolute Gasteiger partial charge is 0.250 e. The highest BCUT2D eigenvalue weighted by Crippen LogP contribution is 2.34. The highest BCUT2D eigenvalue weighted by atomic mass is 15.3. The molecule has 5 heteroatoms. The molecule has 0 saturated heterocycles. The summed E-state index contributed by atoms with van der Waals surface area (Å²) >= 11 is 0. The van der Waals surface area contributed by atoms with Crippen LogP contribution in [0, 0.1) is 0 Å². The maximum absolute atomic E-state index is 4.51. The van der Waals surface area contributed by atoms with Gasteiger partial charge in [-0.15, -0.1) is 0 Å². The topological polar surface area (TPSA) is 58.0 Å². The van der Waals surface area contributed by atoms with Gasteiger partial charge >= 0.3 is 0 Å². The van der Waals surface area contributed by atoms with E-state index in [1.165, 1.54) is 19.3 Å². The second-order valence-electron chi connectivity index (χ2n) is 4.17. The lowest BCUT2D eigenvalue weighted by atomic mass is 9.85. The minimum Gasteiger partial charge on any atom is -0.314 e. The van der Waals surface area contributed by atoms with Crippen LogP contribution in [-0.4, -0.2) is 26.6 Å². The molecule has 0 bridgehead atoms. The van der Waals surface area contributed by atoms with E-state index in [2.05, 4.69) is 20.4 Å². The zero-order valence-corrected chi connectivity index (χ0v) is 8.82. The van der Waals surface area contributed by atoms with E-state index in [-0.39, 0.29) is 0 Å². The number of imidazole rings is 1. The van der Waals surface area contributed by atoms with Crippen molar-refractivity contribution in [1.29, 1.82) is 0 Å². The summed E-state index contributed by atoms with van der Waals surface area (Å²) in [4.78, 5) is 8.93. The van der Waals surface area contributed by atoms with Gasteiger partial charge in [-0.05, 0) is 19.9 Å². The molecule has 3 rings (SSSR count). The van der Waals surface area contributed by atoms with E-state index in [4.69, 9.17) is 0 Å². The Morgan fingerprint density at radius 3 is 3.00 bits per heavy atom. The number of H-pyrrole nitrogens is 1. The zero-order valence-electron chi connectivity index (χ0n) is 8.82. The molecular formula is C10H15N5. The van der Waals surface area contributed by atoms with Crippen molar-refractivity contribution in [3.05, 3.63) is 17.7 Å². The van der Waals surface area contributed by atoms with E-state index in [0.29, 0.717) is 5.92 Å². The van der Waals surface area contributed by atoms with Crippen LogP contribution in [0.1, 0.15) is 36.7 Å². The Labute approximate surface area is 87.9 Å². The molecule has 0 radical (unpaired) electrons. The van der Waals surface area contributed by atoms with Crippen LogP contribution in [0.4, 0.5) is 0 Å². The van der Waals surface area contributed by atoms with Gasteiger partial charge in [0.15, 0.2) is 0 Å². The molecule has 0 unspecified atom stereocenters. The van der Waals surface area contributed by atoms with Crippen molar-refractivity contribution in [2.75, 3.05) is 7.05 Å². The molecule has 0 aliphatic heterocycles. The van der Waals surface area contributed by atoms with Crippen molar-refractivity contribution in [1.82, 2.24) is 24.9 Å². The van der Waals surface area contributed by atoms with Gasteiger partial charge in [-0.2, -0.15) is 4.98 Å². The molecule has 0 spiro atoms. The SMILES string of the molecule is CNCc1cn2[nH]c(C3CCC3)nc2n1. The summed E-state index contributed by atoms with van der Waals surface area (Å²) in [7, 11) is 1.92. The number of fused-ring (bicyclic) bond motifs is 1. The van der Waals surface area contributed by atoms with Gasteiger partial charge in [0.2, 0.25) is 0 Å². The van der Waals surface area contributed by atoms with Gasteiger partial charge in [-0.25, -0.2) is 9.50 Å². The van der Waals surface area contributed by atoms with Crippen LogP contribution in [0.2, 0.25) is 0 Å². The molecule has 15 heavy (non-hydrogen) atoms. The minimum atomic E-state index is 0.638. The molecular weight excluding hydrogens is 190 g/mol. The fourth-order valence-electron chi connectivity index (χ4n) is 1.97. The number of aromatic nitrogens is 4. The first-order chi connectivity index (χ1) is 7.36. The Morgan fingerprint density at radius 1 is 1.53 bits per heavy atom. The summed E-state index contributed by atoms with van der Waals surface area (Å²) < 4.78 is 1.92. The molecule has 1 aliphatic carbocycles. The number of hydrogen-bond acceptors (Lipinski definition) is 3. The average Bonchev–Trinajstić information content (AvgIpc) is 2.58. The highest BCUT2D eigenvalue weighted by molar-refractivity contribution is 5.30. The lowest BCUT2D eigenvalue weighted by Crippen LogP contribution is -2.10. The molecule has 5 nitrogen and oxygen atoms in total. The quantitative estimate of drug-likeness (QED) is 0.787. The van der Waals surface area contributed by atoms with Crippen molar-refractivity contribution < 1.29 is 0 Å². The van der Waals surface area contributed by atoms with E-state index in [9.17, 15) is 0 Å². The number of nitrogens with one attached hydrogen (secondary N) is 2. The standard InChI is InChI=1S/C10H15N5/c1-11-5-8-6-15-10(12-8)13-9(14-15)7-3-2-4-7/h6-7,11H,2-5H2,1H3,(H,12,13,14). The lowest BCUT2D eigenvalue weighted by Gasteiger charge is -2.22. The Morgan fingerprint density at radius 2 is 2.40 bits per heavy atom. The molecule has 80 valence electrons. The van der Waals surface area contributed by atoms with Gasteiger partial charge in [0.05, 0.1) is 11.9 Å². The zero-order chi connectivity index (χ0) is 10.3. The van der Waals surface area contributed by atoms with E-state index >= 15 is 0 Å². The van der Waals surface area contributed by atoms with Crippen LogP contribution in [0.25, 0.3) is 5.78 Å². The van der Waals surface area contributed by atoms with Gasteiger partial charge in [-0.3, -0.25) is 5.10 Å². The van der Waals surface area contributed by atoms with Crippen molar-refractivity contribution in [2.24, 2.45) is 0 Å². The monoisotopic (exact) mass is 205 g/mol. The fourth-order valence-corrected chi connectivity index (χ4v) is 1.97. The summed E-state index contributed by atoms with van der Waals surface area (Å²) in [5.41, 5.74) is 1.02. The predicted molar refractivity (Wildman–Crippen MR) is 56.7 cm³/mol. The van der Waals surface area contributed by atoms with Gasteiger partial charge in [-0.1, -0.05) is 6.42 Å². The first-order valence-electron chi connectivity index (χ1n) is 5.45. The normalized spacial score (nSPS) is 17.1. The van der Waals surface area contributed by atoms with E-state index < -0.39 is 0 Å². The van der Waals surface area contributed by atoms with Crippen LogP contribution in [0.15, 0.2) is 6.20 Å². The molecule has 2 aromatic heterocycles. The maximum Gasteiger partial charge on any atom is 0.250 e. The van der Waals surface area contributed by atoms with Crippen molar-refractivity contribution in [2.45, 2.75) is 31.7 Å². The highest BCUT2D eigenvalue weighted by Gasteiger charge is 2.23. The van der Waals surface area contributed by atoms with Gasteiger partial charge in [0.25, 0.3) is 5.78 Å². The molecule has 1 aliphatic rings. The number of hydrogen-bond donors (Lipinski definition) is 2. The third-order valence-corrected chi connectivity index (χ3v) is 3.04. The molecule has 2 aromatic rings. The van der Waals surface area contributed by atoms with Crippen molar-refractivity contribution in [3.8, 4) is 0 Å². The van der Waals surface area contributed by atoms with Crippen LogP contribution < -0.4 is 5.32 Å². The molecule has 1 fully saturated rings. The van der Waals surface area contributed by atoms with E-state index in [0.717, 1.165) is 23.8 Å². The average molecular weight is 205 g/mol. The summed E-state index contributed by atoms with van der Waals surface area (Å²) in [5, 5.41) is 6.37. The Kier molecular flexibility index (Phi) is 1.98. The largest absolute Gasteiger partial charge is 0.314 e. The molecule has 2 N–H and O–H groups in total. The molecule has 0 atom stereocenters.